The van der Waals surface area contributed by atoms with E-state index in [2.05, 4.69) is 151 Å². The predicted molar refractivity (Wildman–Crippen MR) is 158 cm³/mol. The number of fused-ring (bicyclic) bond motifs is 3. The van der Waals surface area contributed by atoms with Crippen molar-refractivity contribution in [3.8, 4) is 44.5 Å². The highest BCUT2D eigenvalue weighted by Crippen LogP contribution is 2.35. The lowest BCUT2D eigenvalue weighted by molar-refractivity contribution is 1.54. The van der Waals surface area contributed by atoms with Crippen LogP contribution in [0.15, 0.2) is 146 Å². The van der Waals surface area contributed by atoms with E-state index in [0.717, 1.165) is 11.0 Å². The third-order valence-electron chi connectivity index (χ3n) is 7.20. The summed E-state index contributed by atoms with van der Waals surface area (Å²) in [7, 11) is 0. The number of aromatic nitrogens is 1. The molecule has 0 amide bonds. The molecular formula is C36H25N. The van der Waals surface area contributed by atoms with Crippen molar-refractivity contribution < 1.29 is 0 Å². The van der Waals surface area contributed by atoms with Crippen LogP contribution >= 0.6 is 0 Å². The molecule has 0 aliphatic rings. The highest BCUT2D eigenvalue weighted by atomic mass is 14.7. The Bertz CT molecular complexity index is 1720. The molecule has 1 heteroatoms. The minimum Gasteiger partial charge on any atom is -0.355 e. The number of benzene rings is 6. The third-order valence-corrected chi connectivity index (χ3v) is 7.20. The molecule has 0 atom stereocenters. The molecule has 0 bridgehead atoms. The minimum atomic E-state index is 1.16. The van der Waals surface area contributed by atoms with E-state index >= 15 is 0 Å². The average Bonchev–Trinajstić information content (AvgIpc) is 3.35. The summed E-state index contributed by atoms with van der Waals surface area (Å²) in [6.07, 6.45) is 0. The molecule has 0 spiro atoms. The van der Waals surface area contributed by atoms with Crippen molar-refractivity contribution in [3.63, 3.8) is 0 Å². The van der Waals surface area contributed by atoms with Gasteiger partial charge in [0.25, 0.3) is 0 Å². The zero-order chi connectivity index (χ0) is 24.6. The largest absolute Gasteiger partial charge is 0.355 e. The van der Waals surface area contributed by atoms with Gasteiger partial charge in [-0.25, -0.2) is 0 Å². The maximum Gasteiger partial charge on any atom is 0.0465 e. The van der Waals surface area contributed by atoms with Crippen LogP contribution in [0.2, 0.25) is 0 Å². The standard InChI is InChI=1S/C36H25N/c1-3-9-25(10-4-1)27-13-7-15-29(21-27)31-17-19-35-33(23-31)34-24-32(18-20-36(34)37-35)30-16-8-14-28(22-30)26-11-5-2-6-12-26/h1-24,37H. The number of nitrogens with one attached hydrogen (secondary N) is 1. The van der Waals surface area contributed by atoms with Gasteiger partial charge in [0, 0.05) is 21.8 Å². The molecule has 1 aromatic heterocycles. The molecule has 0 radical (unpaired) electrons. The lowest BCUT2D eigenvalue weighted by Gasteiger charge is -2.07. The molecule has 174 valence electrons. The Balaban J connectivity index is 1.32. The molecule has 7 aromatic rings. The van der Waals surface area contributed by atoms with Crippen molar-refractivity contribution in [1.29, 1.82) is 0 Å². The molecule has 1 heterocycles. The van der Waals surface area contributed by atoms with E-state index in [-0.39, 0.29) is 0 Å². The smallest absolute Gasteiger partial charge is 0.0465 e. The van der Waals surface area contributed by atoms with Crippen LogP contribution in [0.3, 0.4) is 0 Å². The van der Waals surface area contributed by atoms with E-state index in [1.54, 1.807) is 0 Å². The zero-order valence-electron chi connectivity index (χ0n) is 20.4. The molecule has 37 heavy (non-hydrogen) atoms. The van der Waals surface area contributed by atoms with Gasteiger partial charge in [0.1, 0.15) is 0 Å². The van der Waals surface area contributed by atoms with E-state index in [1.165, 1.54) is 55.3 Å². The van der Waals surface area contributed by atoms with Crippen LogP contribution in [0.4, 0.5) is 0 Å². The van der Waals surface area contributed by atoms with Crippen LogP contribution in [-0.4, -0.2) is 4.98 Å². The van der Waals surface area contributed by atoms with E-state index in [9.17, 15) is 0 Å². The topological polar surface area (TPSA) is 15.8 Å². The summed E-state index contributed by atoms with van der Waals surface area (Å²) in [5.41, 5.74) is 12.2. The van der Waals surface area contributed by atoms with Gasteiger partial charge in [0.05, 0.1) is 0 Å². The number of rotatable bonds is 4. The predicted octanol–water partition coefficient (Wildman–Crippen LogP) is 9.99. The Labute approximate surface area is 216 Å². The fourth-order valence-corrected chi connectivity index (χ4v) is 5.27. The third kappa shape index (κ3) is 4.01. The van der Waals surface area contributed by atoms with Crippen LogP contribution in [0.5, 0.6) is 0 Å². The van der Waals surface area contributed by atoms with E-state index < -0.39 is 0 Å². The quantitative estimate of drug-likeness (QED) is 0.263. The Kier molecular flexibility index (Phi) is 5.19. The van der Waals surface area contributed by atoms with Crippen molar-refractivity contribution in [2.75, 3.05) is 0 Å². The second-order valence-corrected chi connectivity index (χ2v) is 9.54. The van der Waals surface area contributed by atoms with Crippen molar-refractivity contribution >= 4 is 21.8 Å². The fraction of sp³-hybridized carbons (Fsp3) is 0. The highest BCUT2D eigenvalue weighted by Gasteiger charge is 2.10. The summed E-state index contributed by atoms with van der Waals surface area (Å²) in [6.45, 7) is 0. The normalized spacial score (nSPS) is 11.2. The number of aromatic amines is 1. The van der Waals surface area contributed by atoms with Crippen LogP contribution in [0.1, 0.15) is 0 Å². The first kappa shape index (κ1) is 21.4. The summed E-state index contributed by atoms with van der Waals surface area (Å²) in [6, 6.07) is 52.2. The van der Waals surface area contributed by atoms with Crippen molar-refractivity contribution in [1.82, 2.24) is 4.98 Å². The van der Waals surface area contributed by atoms with Crippen LogP contribution in [0.25, 0.3) is 66.3 Å². The van der Waals surface area contributed by atoms with E-state index in [1.807, 2.05) is 0 Å². The lowest BCUT2D eigenvalue weighted by Crippen LogP contribution is -1.82. The first-order valence-corrected chi connectivity index (χ1v) is 12.7. The van der Waals surface area contributed by atoms with Gasteiger partial charge < -0.3 is 4.98 Å². The summed E-state index contributed by atoms with van der Waals surface area (Å²) < 4.78 is 0. The van der Waals surface area contributed by atoms with E-state index in [0.29, 0.717) is 0 Å². The van der Waals surface area contributed by atoms with Crippen LogP contribution < -0.4 is 0 Å². The first-order valence-electron chi connectivity index (χ1n) is 12.7. The molecule has 7 rings (SSSR count). The molecule has 0 saturated carbocycles. The molecule has 0 unspecified atom stereocenters. The summed E-state index contributed by atoms with van der Waals surface area (Å²) in [5.74, 6) is 0. The molecule has 6 aromatic carbocycles. The first-order chi connectivity index (χ1) is 18.3. The molecule has 0 aliphatic carbocycles. The Morgan fingerprint density at radius 2 is 0.622 bits per heavy atom. The van der Waals surface area contributed by atoms with Gasteiger partial charge in [-0.1, -0.05) is 109 Å². The van der Waals surface area contributed by atoms with Gasteiger partial charge in [0.15, 0.2) is 0 Å². The SMILES string of the molecule is c1ccc(-c2cccc(-c3ccc4[nH]c5ccc(-c6cccc(-c7ccccc7)c6)cc5c4c3)c2)cc1. The summed E-state index contributed by atoms with van der Waals surface area (Å²) in [5, 5.41) is 2.50. The van der Waals surface area contributed by atoms with Gasteiger partial charge in [-0.15, -0.1) is 0 Å². The second kappa shape index (κ2) is 8.96. The zero-order valence-corrected chi connectivity index (χ0v) is 20.4. The van der Waals surface area contributed by atoms with Crippen LogP contribution in [0, 0.1) is 0 Å². The summed E-state index contributed by atoms with van der Waals surface area (Å²) >= 11 is 0. The Morgan fingerprint density at radius 1 is 0.270 bits per heavy atom. The van der Waals surface area contributed by atoms with Gasteiger partial charge in [0.2, 0.25) is 0 Å². The van der Waals surface area contributed by atoms with Crippen molar-refractivity contribution in [2.24, 2.45) is 0 Å². The average molecular weight is 472 g/mol. The second-order valence-electron chi connectivity index (χ2n) is 9.54. The number of H-pyrrole nitrogens is 1. The van der Waals surface area contributed by atoms with Gasteiger partial charge >= 0.3 is 0 Å². The van der Waals surface area contributed by atoms with Gasteiger partial charge in [-0.2, -0.15) is 0 Å². The lowest BCUT2D eigenvalue weighted by atomic mass is 9.96. The Morgan fingerprint density at radius 3 is 1.05 bits per heavy atom. The van der Waals surface area contributed by atoms with Crippen LogP contribution in [-0.2, 0) is 0 Å². The number of hydrogen-bond donors (Lipinski definition) is 1. The molecule has 1 N–H and O–H groups in total. The maximum absolute atomic E-state index is 3.61. The molecule has 0 aliphatic heterocycles. The molecule has 0 saturated heterocycles. The monoisotopic (exact) mass is 471 g/mol. The van der Waals surface area contributed by atoms with Crippen molar-refractivity contribution in [2.45, 2.75) is 0 Å². The van der Waals surface area contributed by atoms with Gasteiger partial charge in [-0.05, 0) is 80.9 Å². The summed E-state index contributed by atoms with van der Waals surface area (Å²) in [4.78, 5) is 3.61. The maximum atomic E-state index is 3.61. The molecule has 0 fully saturated rings. The van der Waals surface area contributed by atoms with E-state index in [4.69, 9.17) is 0 Å². The number of hydrogen-bond acceptors (Lipinski definition) is 0. The molecular weight excluding hydrogens is 446 g/mol. The van der Waals surface area contributed by atoms with Crippen molar-refractivity contribution in [3.05, 3.63) is 146 Å². The minimum absolute atomic E-state index is 1.16. The molecule has 1 nitrogen and oxygen atoms in total. The fourth-order valence-electron chi connectivity index (χ4n) is 5.27. The van der Waals surface area contributed by atoms with Gasteiger partial charge in [-0.3, -0.25) is 0 Å². The Hall–Kier alpha value is -4.88. The highest BCUT2D eigenvalue weighted by molar-refractivity contribution is 6.09.